The number of thiazole rings is 2. The largest absolute Gasteiger partial charge is 0.458 e. The lowest BCUT2D eigenvalue weighted by Gasteiger charge is -2.15. The summed E-state index contributed by atoms with van der Waals surface area (Å²) in [6, 6.07) is 0. The summed E-state index contributed by atoms with van der Waals surface area (Å²) in [5.41, 5.74) is 5.85. The lowest BCUT2D eigenvalue weighted by molar-refractivity contribution is -0.154. The number of rotatable bonds is 9. The number of hydrogen-bond donors (Lipinski definition) is 3. The van der Waals surface area contributed by atoms with Crippen molar-refractivity contribution in [3.63, 3.8) is 0 Å². The molecule has 2 aromatic rings. The van der Waals surface area contributed by atoms with Gasteiger partial charge < -0.3 is 25.4 Å². The second kappa shape index (κ2) is 27.0. The summed E-state index contributed by atoms with van der Waals surface area (Å²) < 4.78 is 9.88. The van der Waals surface area contributed by atoms with Gasteiger partial charge in [0.25, 0.3) is 0 Å². The Morgan fingerprint density at radius 3 is 1.50 bits per heavy atom. The predicted octanol–water partition coefficient (Wildman–Crippen LogP) is 6.24. The number of hydrogen-bond acceptors (Lipinski definition) is 12. The van der Waals surface area contributed by atoms with Crippen LogP contribution in [0.15, 0.2) is 10.8 Å². The Balaban J connectivity index is -0.000000516. The molecule has 254 valence electrons. The van der Waals surface area contributed by atoms with Gasteiger partial charge in [-0.1, -0.05) is 12.2 Å². The van der Waals surface area contributed by atoms with Crippen molar-refractivity contribution in [2.75, 3.05) is 25.0 Å². The molecule has 44 heavy (non-hydrogen) atoms. The van der Waals surface area contributed by atoms with Crippen LogP contribution in [0, 0.1) is 10.8 Å². The van der Waals surface area contributed by atoms with E-state index in [1.54, 1.807) is 27.7 Å². The van der Waals surface area contributed by atoms with Gasteiger partial charge in [-0.05, 0) is 48.5 Å². The Hall–Kier alpha value is -1.16. The van der Waals surface area contributed by atoms with Gasteiger partial charge in [0.05, 0.1) is 52.3 Å². The van der Waals surface area contributed by atoms with Crippen LogP contribution in [0.4, 0.5) is 0 Å². The van der Waals surface area contributed by atoms with Crippen molar-refractivity contribution < 1.29 is 34.1 Å². The molecule has 0 aromatic carbocycles. The van der Waals surface area contributed by atoms with Crippen LogP contribution in [0.1, 0.15) is 69.9 Å². The molecule has 0 bridgehead atoms. The second-order valence-electron chi connectivity index (χ2n) is 10.1. The number of Topliss-reactive ketones (excluding diaryl/α,β-unsaturated/α-hetero) is 1. The van der Waals surface area contributed by atoms with E-state index in [4.69, 9.17) is 71.8 Å². The Morgan fingerprint density at radius 1 is 0.841 bits per heavy atom. The maximum absolute atomic E-state index is 11.4. The van der Waals surface area contributed by atoms with E-state index < -0.39 is 10.8 Å². The molecule has 0 fully saturated rings. The number of aliphatic hydroxyl groups excluding tert-OH is 2. The topological polar surface area (TPSA) is 162 Å². The van der Waals surface area contributed by atoms with Gasteiger partial charge in [-0.2, -0.15) is 0 Å². The van der Waals surface area contributed by atoms with Crippen molar-refractivity contribution >= 4 is 104 Å². The Bertz CT molecular complexity index is 1060. The highest BCUT2D eigenvalue weighted by Gasteiger charge is 2.23. The highest BCUT2D eigenvalue weighted by Crippen LogP contribution is 2.18. The van der Waals surface area contributed by atoms with Crippen LogP contribution < -0.4 is 5.73 Å². The minimum atomic E-state index is -0.481. The Labute approximate surface area is 293 Å². The van der Waals surface area contributed by atoms with E-state index in [1.165, 1.54) is 22.7 Å². The number of alkyl halides is 4. The molecule has 2 aromatic heterocycles. The fraction of sp³-hybridized carbons (Fsp3) is 0.630. The third kappa shape index (κ3) is 27.2. The minimum Gasteiger partial charge on any atom is -0.458 e. The summed E-state index contributed by atoms with van der Waals surface area (Å²) in [6.45, 7) is 13.0. The molecule has 2 rings (SSSR count). The second-order valence-corrected chi connectivity index (χ2v) is 13.6. The number of nitrogens with zero attached hydrogens (tertiary/aromatic N) is 2. The zero-order valence-corrected chi connectivity index (χ0v) is 31.4. The third-order valence-electron chi connectivity index (χ3n) is 3.80. The molecule has 0 saturated heterocycles. The monoisotopic (exact) mass is 757 g/mol. The maximum atomic E-state index is 11.4. The van der Waals surface area contributed by atoms with Crippen molar-refractivity contribution in [1.82, 2.24) is 9.97 Å². The quantitative estimate of drug-likeness (QED) is 0.151. The maximum Gasteiger partial charge on any atom is 0.311 e. The summed E-state index contributed by atoms with van der Waals surface area (Å²) in [6.07, 6.45) is 0. The van der Waals surface area contributed by atoms with Crippen molar-refractivity contribution in [2.45, 2.75) is 73.4 Å². The van der Waals surface area contributed by atoms with Crippen LogP contribution in [0.3, 0.4) is 0 Å². The van der Waals surface area contributed by atoms with E-state index in [9.17, 15) is 14.4 Å². The molecule has 2 heterocycles. The fourth-order valence-corrected chi connectivity index (χ4v) is 3.85. The molecule has 0 amide bonds. The van der Waals surface area contributed by atoms with Gasteiger partial charge in [-0.3, -0.25) is 14.4 Å². The first-order valence-electron chi connectivity index (χ1n) is 12.8. The van der Waals surface area contributed by atoms with E-state index in [2.05, 4.69) is 22.2 Å². The lowest BCUT2D eigenvalue weighted by Crippen LogP contribution is -2.27. The fourth-order valence-electron chi connectivity index (χ4n) is 1.69. The first-order chi connectivity index (χ1) is 20.4. The molecule has 0 spiro atoms. The van der Waals surface area contributed by atoms with Crippen molar-refractivity contribution in [1.29, 1.82) is 0 Å². The Kier molecular flexibility index (Phi) is 29.0. The molecule has 17 heteroatoms. The van der Waals surface area contributed by atoms with Crippen molar-refractivity contribution in [2.24, 2.45) is 16.6 Å². The van der Waals surface area contributed by atoms with Crippen LogP contribution in [-0.2, 0) is 48.8 Å². The molecule has 0 aliphatic heterocycles. The zero-order valence-electron chi connectivity index (χ0n) is 26.0. The minimum absolute atomic E-state index is 0.0154. The van der Waals surface area contributed by atoms with Gasteiger partial charge in [0.15, 0.2) is 5.78 Å². The van der Waals surface area contributed by atoms with Gasteiger partial charge in [0.1, 0.15) is 28.2 Å². The first-order valence-corrected chi connectivity index (χ1v) is 17.1. The number of halogens is 4. The van der Waals surface area contributed by atoms with Crippen LogP contribution in [0.25, 0.3) is 0 Å². The molecule has 0 radical (unpaired) electrons. The number of aromatic nitrogens is 2. The normalized spacial score (nSPS) is 10.2. The molecule has 0 unspecified atom stereocenters. The molecular weight excluding hydrogens is 716 g/mol. The number of esters is 2. The number of ketones is 1. The SMILES string of the molecule is CC(C)(C)C(=O)OCC(N)=S.CC(C)(C)C(=O)OCc1nc(CCl)cs1.CCO.O=C(CCl)CCl.OCc1nc(CCl)cs1. The first kappa shape index (κ1) is 47.2. The van der Waals surface area contributed by atoms with E-state index in [0.29, 0.717) is 11.8 Å². The van der Waals surface area contributed by atoms with Gasteiger partial charge in [0, 0.05) is 17.4 Å². The number of carbonyl (C=O) groups excluding carboxylic acids is 3. The smallest absolute Gasteiger partial charge is 0.311 e. The molecular formula is C27H43Cl4N3O7S3. The highest BCUT2D eigenvalue weighted by molar-refractivity contribution is 7.80. The molecule has 10 nitrogen and oxygen atoms in total. The standard InChI is InChI=1S/C10H14ClNO2S.C7H13NO2S.C5H6ClNOS.C3H4Cl2O.C2H6O/c1-10(2,3)9(13)14-5-8-12-7(4-11)6-15-8;1-7(2,3)6(9)10-4-5(8)11;6-1-4-3-9-5(2-8)7-4;4-1-3(6)2-5;1-2-3/h6H,4-5H2,1-3H3;4H2,1-3H3,(H2,8,11);3,8H,1-2H2;1-2H2;3H,2H2,1H3. The number of aliphatic hydroxyl groups is 2. The number of carbonyl (C=O) groups is 3. The third-order valence-corrected chi connectivity index (χ3v) is 6.82. The molecule has 0 atom stereocenters. The molecule has 0 saturated carbocycles. The van der Waals surface area contributed by atoms with Crippen LogP contribution in [0.2, 0.25) is 0 Å². The summed E-state index contributed by atoms with van der Waals surface area (Å²) in [5, 5.41) is 21.3. The lowest BCUT2D eigenvalue weighted by atomic mass is 9.97. The number of ether oxygens (including phenoxy) is 2. The predicted molar refractivity (Wildman–Crippen MR) is 185 cm³/mol. The zero-order chi connectivity index (χ0) is 34.9. The summed E-state index contributed by atoms with van der Waals surface area (Å²) >= 11 is 28.5. The van der Waals surface area contributed by atoms with Gasteiger partial charge in [0.2, 0.25) is 0 Å². The van der Waals surface area contributed by atoms with Crippen LogP contribution in [0.5, 0.6) is 0 Å². The Morgan fingerprint density at radius 2 is 1.23 bits per heavy atom. The average Bonchev–Trinajstić information content (AvgIpc) is 3.64. The number of nitrogens with two attached hydrogens (primary N) is 1. The van der Waals surface area contributed by atoms with Crippen molar-refractivity contribution in [3.05, 3.63) is 32.2 Å². The van der Waals surface area contributed by atoms with Gasteiger partial charge in [-0.15, -0.1) is 69.1 Å². The summed E-state index contributed by atoms with van der Waals surface area (Å²) in [5.74, 6) is 0.251. The van der Waals surface area contributed by atoms with E-state index in [0.717, 1.165) is 21.4 Å². The molecule has 0 aliphatic carbocycles. The van der Waals surface area contributed by atoms with Crippen LogP contribution >= 0.6 is 81.3 Å². The average molecular weight is 760 g/mol. The number of thiocarbonyl (C=S) groups is 1. The van der Waals surface area contributed by atoms with Gasteiger partial charge >= 0.3 is 11.9 Å². The molecule has 0 aliphatic rings. The van der Waals surface area contributed by atoms with E-state index in [1.807, 2.05) is 31.5 Å². The molecule has 4 N–H and O–H groups in total. The highest BCUT2D eigenvalue weighted by atomic mass is 35.5. The summed E-state index contributed by atoms with van der Waals surface area (Å²) in [7, 11) is 0. The summed E-state index contributed by atoms with van der Waals surface area (Å²) in [4.78, 5) is 40.8. The van der Waals surface area contributed by atoms with E-state index >= 15 is 0 Å². The van der Waals surface area contributed by atoms with E-state index in [-0.39, 0.29) is 60.9 Å². The van der Waals surface area contributed by atoms with Crippen LogP contribution in [-0.4, -0.2) is 67.9 Å². The van der Waals surface area contributed by atoms with Crippen molar-refractivity contribution in [3.8, 4) is 0 Å². The van der Waals surface area contributed by atoms with Gasteiger partial charge in [-0.25, -0.2) is 9.97 Å².